The number of carbonyl (C=O) groups is 1. The van der Waals surface area contributed by atoms with Crippen LogP contribution in [0.4, 0.5) is 10.1 Å². The van der Waals surface area contributed by atoms with Gasteiger partial charge in [0.05, 0.1) is 34.5 Å². The molecule has 6 aromatic heterocycles. The highest BCUT2D eigenvalue weighted by atomic mass is 19.1. The summed E-state index contributed by atoms with van der Waals surface area (Å²) < 4.78 is 16.0. The molecule has 38 heavy (non-hydrogen) atoms. The van der Waals surface area contributed by atoms with Gasteiger partial charge in [-0.1, -0.05) is 13.3 Å². The van der Waals surface area contributed by atoms with Crippen molar-refractivity contribution in [1.82, 2.24) is 40.1 Å². The molecule has 0 bridgehead atoms. The summed E-state index contributed by atoms with van der Waals surface area (Å²) in [6.07, 6.45) is 11.8. The number of hydrogen-bond acceptors (Lipinski definition) is 7. The number of unbranched alkanes of at least 4 members (excludes halogenated alkanes) is 1. The van der Waals surface area contributed by atoms with E-state index in [1.165, 1.54) is 18.6 Å². The van der Waals surface area contributed by atoms with Crippen LogP contribution in [-0.2, 0) is 4.79 Å². The van der Waals surface area contributed by atoms with Gasteiger partial charge < -0.3 is 10.3 Å². The molecule has 11 heteroatoms. The van der Waals surface area contributed by atoms with Crippen molar-refractivity contribution in [2.45, 2.75) is 26.2 Å². The van der Waals surface area contributed by atoms with Gasteiger partial charge in [0.2, 0.25) is 5.91 Å². The van der Waals surface area contributed by atoms with Gasteiger partial charge in [0.25, 0.3) is 0 Å². The summed E-state index contributed by atoms with van der Waals surface area (Å²) in [5.41, 5.74) is 4.73. The monoisotopic (exact) mass is 507 g/mol. The summed E-state index contributed by atoms with van der Waals surface area (Å²) in [5, 5.41) is 10.2. The molecule has 6 rings (SSSR count). The number of rotatable bonds is 7. The van der Waals surface area contributed by atoms with E-state index in [1.807, 2.05) is 25.1 Å². The normalized spacial score (nSPS) is 11.3. The Labute approximate surface area is 215 Å². The quantitative estimate of drug-likeness (QED) is 0.267. The maximum absolute atomic E-state index is 16.0. The van der Waals surface area contributed by atoms with Crippen molar-refractivity contribution in [3.63, 3.8) is 0 Å². The Bertz CT molecular complexity index is 1780. The minimum atomic E-state index is -0.578. The Hall–Kier alpha value is -5.06. The van der Waals surface area contributed by atoms with Crippen LogP contribution in [0.5, 0.6) is 0 Å². The summed E-state index contributed by atoms with van der Waals surface area (Å²) in [5.74, 6) is -0.326. The fourth-order valence-electron chi connectivity index (χ4n) is 4.34. The first-order chi connectivity index (χ1) is 18.6. The van der Waals surface area contributed by atoms with Crippen LogP contribution >= 0.6 is 0 Å². The first-order valence-electron chi connectivity index (χ1n) is 12.2. The lowest BCUT2D eigenvalue weighted by molar-refractivity contribution is -0.116. The van der Waals surface area contributed by atoms with Crippen molar-refractivity contribution in [3.8, 4) is 33.9 Å². The third kappa shape index (κ3) is 4.23. The lowest BCUT2D eigenvalue weighted by atomic mass is 10.1. The third-order valence-corrected chi connectivity index (χ3v) is 6.20. The molecule has 10 nitrogen and oxygen atoms in total. The van der Waals surface area contributed by atoms with E-state index in [0.717, 1.165) is 24.0 Å². The van der Waals surface area contributed by atoms with Crippen LogP contribution in [0.15, 0.2) is 61.4 Å². The van der Waals surface area contributed by atoms with E-state index in [4.69, 9.17) is 0 Å². The lowest BCUT2D eigenvalue weighted by Gasteiger charge is -2.08. The Morgan fingerprint density at radius 2 is 1.87 bits per heavy atom. The van der Waals surface area contributed by atoms with Gasteiger partial charge in [-0.2, -0.15) is 5.10 Å². The van der Waals surface area contributed by atoms with Crippen molar-refractivity contribution in [2.24, 2.45) is 0 Å². The van der Waals surface area contributed by atoms with Gasteiger partial charge in [-0.3, -0.25) is 24.8 Å². The highest BCUT2D eigenvalue weighted by Crippen LogP contribution is 2.34. The molecule has 1 amide bonds. The SMILES string of the molecule is CCCCC(=O)Nc1cncc(-c2ncc3[nH]nc(-c4nc5nccc(-c6ccncc6)c5[nH]4)c3c2F)c1. The molecule has 3 N–H and O–H groups in total. The number of imidazole rings is 1. The molecule has 0 atom stereocenters. The molecule has 0 aliphatic rings. The van der Waals surface area contributed by atoms with Crippen molar-refractivity contribution >= 4 is 33.7 Å². The molecule has 0 aliphatic heterocycles. The first-order valence-corrected chi connectivity index (χ1v) is 12.2. The predicted octanol–water partition coefficient (Wildman–Crippen LogP) is 5.29. The molecule has 0 aromatic carbocycles. The van der Waals surface area contributed by atoms with Gasteiger partial charge in [0.1, 0.15) is 11.4 Å². The Morgan fingerprint density at radius 3 is 2.71 bits per heavy atom. The number of fused-ring (bicyclic) bond motifs is 2. The van der Waals surface area contributed by atoms with Crippen LogP contribution in [0.25, 0.3) is 56.0 Å². The van der Waals surface area contributed by atoms with Crippen LogP contribution in [0.2, 0.25) is 0 Å². The number of carbonyl (C=O) groups excluding carboxylic acids is 1. The summed E-state index contributed by atoms with van der Waals surface area (Å²) in [4.78, 5) is 36.9. The lowest BCUT2D eigenvalue weighted by Crippen LogP contribution is -2.11. The highest BCUT2D eigenvalue weighted by Gasteiger charge is 2.21. The van der Waals surface area contributed by atoms with Crippen LogP contribution in [-0.4, -0.2) is 46.0 Å². The smallest absolute Gasteiger partial charge is 0.224 e. The van der Waals surface area contributed by atoms with Crippen molar-refractivity contribution < 1.29 is 9.18 Å². The predicted molar refractivity (Wildman–Crippen MR) is 141 cm³/mol. The number of anilines is 1. The van der Waals surface area contributed by atoms with Crippen molar-refractivity contribution in [2.75, 3.05) is 5.32 Å². The molecular weight excluding hydrogens is 485 g/mol. The maximum atomic E-state index is 16.0. The topological polar surface area (TPSA) is 138 Å². The molecule has 6 heterocycles. The number of nitrogens with one attached hydrogen (secondary N) is 3. The molecule has 0 unspecified atom stereocenters. The Kier molecular flexibility index (Phi) is 6.00. The number of aromatic nitrogens is 8. The molecule has 0 radical (unpaired) electrons. The molecule has 0 fully saturated rings. The highest BCUT2D eigenvalue weighted by molar-refractivity contribution is 5.97. The van der Waals surface area contributed by atoms with Crippen molar-refractivity contribution in [1.29, 1.82) is 0 Å². The number of nitrogens with zero attached hydrogens (tertiary/aromatic N) is 6. The van der Waals surface area contributed by atoms with Gasteiger partial charge in [-0.15, -0.1) is 0 Å². The Morgan fingerprint density at radius 1 is 1.00 bits per heavy atom. The summed E-state index contributed by atoms with van der Waals surface area (Å²) in [6, 6.07) is 7.32. The zero-order valence-electron chi connectivity index (χ0n) is 20.4. The van der Waals surface area contributed by atoms with Gasteiger partial charge in [0, 0.05) is 42.3 Å². The maximum Gasteiger partial charge on any atom is 0.224 e. The minimum Gasteiger partial charge on any atom is -0.335 e. The number of aromatic amines is 2. The third-order valence-electron chi connectivity index (χ3n) is 6.20. The summed E-state index contributed by atoms with van der Waals surface area (Å²) in [6.45, 7) is 2.02. The molecular formula is C27H22FN9O. The number of pyridine rings is 4. The number of hydrogen-bond donors (Lipinski definition) is 3. The standard InChI is InChI=1S/C27H22FN9O/c1-2-3-4-20(38)33-17-11-16(12-30-13-17)23-22(28)21-19(14-32-23)36-37-25(21)27-34-24-18(7-10-31-26(24)35-27)15-5-8-29-9-6-15/h5-14H,2-4H2,1H3,(H,33,38)(H,36,37)(H,31,34,35). The molecule has 0 spiro atoms. The molecule has 0 saturated carbocycles. The van der Waals surface area contributed by atoms with Gasteiger partial charge >= 0.3 is 0 Å². The number of H-pyrrole nitrogens is 2. The molecule has 0 aliphatic carbocycles. The van der Waals surface area contributed by atoms with Crippen molar-refractivity contribution in [3.05, 3.63) is 67.3 Å². The summed E-state index contributed by atoms with van der Waals surface area (Å²) >= 11 is 0. The molecule has 6 aromatic rings. The van der Waals surface area contributed by atoms with Crippen LogP contribution in [0.3, 0.4) is 0 Å². The fourth-order valence-corrected chi connectivity index (χ4v) is 4.34. The average molecular weight is 508 g/mol. The van der Waals surface area contributed by atoms with Gasteiger partial charge in [-0.05, 0) is 36.2 Å². The second-order valence-corrected chi connectivity index (χ2v) is 8.77. The molecule has 188 valence electrons. The second kappa shape index (κ2) is 9.77. The molecule has 0 saturated heterocycles. The average Bonchev–Trinajstić information content (AvgIpc) is 3.57. The second-order valence-electron chi connectivity index (χ2n) is 8.77. The van der Waals surface area contributed by atoms with Crippen LogP contribution in [0.1, 0.15) is 26.2 Å². The zero-order valence-corrected chi connectivity index (χ0v) is 20.4. The van der Waals surface area contributed by atoms with E-state index in [1.54, 1.807) is 24.7 Å². The van der Waals surface area contributed by atoms with Gasteiger partial charge in [0.15, 0.2) is 17.3 Å². The number of amides is 1. The Balaban J connectivity index is 1.41. The fraction of sp³-hybridized carbons (Fsp3) is 0.148. The summed E-state index contributed by atoms with van der Waals surface area (Å²) in [7, 11) is 0. The van der Waals surface area contributed by atoms with E-state index in [0.29, 0.717) is 45.9 Å². The number of halogens is 1. The zero-order chi connectivity index (χ0) is 26.1. The van der Waals surface area contributed by atoms with E-state index in [2.05, 4.69) is 45.4 Å². The first kappa shape index (κ1) is 23.3. The van der Waals surface area contributed by atoms with Gasteiger partial charge in [-0.25, -0.2) is 14.4 Å². The van der Waals surface area contributed by atoms with Crippen LogP contribution < -0.4 is 5.32 Å². The minimum absolute atomic E-state index is 0.0871. The van der Waals surface area contributed by atoms with E-state index in [9.17, 15) is 4.79 Å². The largest absolute Gasteiger partial charge is 0.335 e. The van der Waals surface area contributed by atoms with Crippen LogP contribution in [0, 0.1) is 5.82 Å². The van der Waals surface area contributed by atoms with E-state index in [-0.39, 0.29) is 17.0 Å². The van der Waals surface area contributed by atoms with E-state index < -0.39 is 5.82 Å². The van der Waals surface area contributed by atoms with E-state index >= 15 is 4.39 Å².